The van der Waals surface area contributed by atoms with E-state index in [2.05, 4.69) is 20.8 Å². The fourth-order valence-electron chi connectivity index (χ4n) is 2.11. The van der Waals surface area contributed by atoms with E-state index < -0.39 is 15.9 Å². The van der Waals surface area contributed by atoms with Gasteiger partial charge in [0.25, 0.3) is 15.9 Å². The first kappa shape index (κ1) is 17.8. The zero-order valence-electron chi connectivity index (χ0n) is 14.2. The number of benzene rings is 1. The third-order valence-electron chi connectivity index (χ3n) is 3.62. The number of carbonyl (C=O) groups excluding carboxylic acids is 1. The van der Waals surface area contributed by atoms with Gasteiger partial charge in [0.1, 0.15) is 6.33 Å². The summed E-state index contributed by atoms with van der Waals surface area (Å²) in [7, 11) is -0.985. The quantitative estimate of drug-likeness (QED) is 0.706. The molecule has 0 unspecified atom stereocenters. The van der Waals surface area contributed by atoms with Crippen LogP contribution in [0.25, 0.3) is 5.69 Å². The SMILES string of the molecule is Cc1ccc(-n2cnnn2)cc1NC(=O)c1ccc(S(=O)(=O)N(C)C)o1. The molecule has 0 fully saturated rings. The Hall–Kier alpha value is -3.05. The Morgan fingerprint density at radius 2 is 2.00 bits per heavy atom. The second-order valence-corrected chi connectivity index (χ2v) is 7.70. The topological polar surface area (TPSA) is 123 Å². The summed E-state index contributed by atoms with van der Waals surface area (Å²) in [6, 6.07) is 7.86. The van der Waals surface area contributed by atoms with Crippen molar-refractivity contribution in [1.82, 2.24) is 24.5 Å². The number of aryl methyl sites for hydroxylation is 1. The molecular weight excluding hydrogens is 360 g/mol. The maximum Gasteiger partial charge on any atom is 0.291 e. The lowest BCUT2D eigenvalue weighted by atomic mass is 10.1. The molecule has 10 nitrogen and oxygen atoms in total. The van der Waals surface area contributed by atoms with Crippen molar-refractivity contribution in [1.29, 1.82) is 0 Å². The Labute approximate surface area is 149 Å². The van der Waals surface area contributed by atoms with E-state index >= 15 is 0 Å². The van der Waals surface area contributed by atoms with Gasteiger partial charge >= 0.3 is 0 Å². The Kier molecular flexibility index (Phi) is 4.57. The molecule has 11 heteroatoms. The van der Waals surface area contributed by atoms with E-state index in [9.17, 15) is 13.2 Å². The summed E-state index contributed by atoms with van der Waals surface area (Å²) < 4.78 is 31.7. The first-order valence-corrected chi connectivity index (χ1v) is 8.91. The average Bonchev–Trinajstić information content (AvgIpc) is 3.28. The van der Waals surface area contributed by atoms with Crippen molar-refractivity contribution >= 4 is 21.6 Å². The van der Waals surface area contributed by atoms with Crippen LogP contribution in [0.3, 0.4) is 0 Å². The van der Waals surface area contributed by atoms with Crippen LogP contribution in [0.5, 0.6) is 0 Å². The molecule has 1 amide bonds. The fraction of sp³-hybridized carbons (Fsp3) is 0.200. The molecule has 1 aromatic carbocycles. The third-order valence-corrected chi connectivity index (χ3v) is 5.31. The summed E-state index contributed by atoms with van der Waals surface area (Å²) in [4.78, 5) is 12.4. The summed E-state index contributed by atoms with van der Waals surface area (Å²) in [6.07, 6.45) is 1.43. The van der Waals surface area contributed by atoms with Gasteiger partial charge in [-0.05, 0) is 47.2 Å². The number of anilines is 1. The number of nitrogens with zero attached hydrogens (tertiary/aromatic N) is 5. The number of hydrogen-bond acceptors (Lipinski definition) is 7. The first-order chi connectivity index (χ1) is 12.3. The van der Waals surface area contributed by atoms with Gasteiger partial charge in [-0.2, -0.15) is 0 Å². The van der Waals surface area contributed by atoms with Gasteiger partial charge in [-0.3, -0.25) is 4.79 Å². The predicted octanol–water partition coefficient (Wildman–Crippen LogP) is 1.07. The Balaban J connectivity index is 1.85. The van der Waals surface area contributed by atoms with E-state index in [4.69, 9.17) is 4.42 Å². The van der Waals surface area contributed by atoms with Gasteiger partial charge in [-0.25, -0.2) is 17.4 Å². The first-order valence-electron chi connectivity index (χ1n) is 7.47. The minimum atomic E-state index is -3.75. The summed E-state index contributed by atoms with van der Waals surface area (Å²) in [6.45, 7) is 1.82. The highest BCUT2D eigenvalue weighted by Crippen LogP contribution is 2.21. The van der Waals surface area contributed by atoms with E-state index in [1.165, 1.54) is 37.2 Å². The molecule has 0 atom stereocenters. The number of aromatic nitrogens is 4. The van der Waals surface area contributed by atoms with E-state index in [1.54, 1.807) is 18.2 Å². The summed E-state index contributed by atoms with van der Waals surface area (Å²) in [5.74, 6) is -0.681. The molecule has 136 valence electrons. The molecular formula is C15H16N6O4S. The Morgan fingerprint density at radius 3 is 2.65 bits per heavy atom. The fourth-order valence-corrected chi connectivity index (χ4v) is 2.91. The Morgan fingerprint density at radius 1 is 1.23 bits per heavy atom. The molecule has 0 bridgehead atoms. The molecule has 0 saturated carbocycles. The van der Waals surface area contributed by atoms with Crippen LogP contribution in [-0.4, -0.2) is 52.9 Å². The molecule has 3 rings (SSSR count). The molecule has 2 aromatic heterocycles. The van der Waals surface area contributed by atoms with Gasteiger partial charge < -0.3 is 9.73 Å². The van der Waals surface area contributed by atoms with E-state index in [0.717, 1.165) is 9.87 Å². The molecule has 1 N–H and O–H groups in total. The highest BCUT2D eigenvalue weighted by Gasteiger charge is 2.23. The van der Waals surface area contributed by atoms with Crippen molar-refractivity contribution in [2.75, 3.05) is 19.4 Å². The van der Waals surface area contributed by atoms with E-state index in [-0.39, 0.29) is 10.9 Å². The van der Waals surface area contributed by atoms with Crippen LogP contribution in [0.2, 0.25) is 0 Å². The van der Waals surface area contributed by atoms with Gasteiger partial charge in [0, 0.05) is 19.8 Å². The molecule has 0 aliphatic heterocycles. The molecule has 2 heterocycles. The van der Waals surface area contributed by atoms with Gasteiger partial charge in [0.2, 0.25) is 5.09 Å². The third kappa shape index (κ3) is 3.34. The molecule has 0 aliphatic rings. The molecule has 3 aromatic rings. The van der Waals surface area contributed by atoms with Gasteiger partial charge in [-0.1, -0.05) is 6.07 Å². The number of sulfonamides is 1. The zero-order valence-corrected chi connectivity index (χ0v) is 15.1. The van der Waals surface area contributed by atoms with Gasteiger partial charge in [0.05, 0.1) is 5.69 Å². The second-order valence-electron chi connectivity index (χ2n) is 5.61. The summed E-state index contributed by atoms with van der Waals surface area (Å²) >= 11 is 0. The van der Waals surface area contributed by atoms with Crippen LogP contribution >= 0.6 is 0 Å². The van der Waals surface area contributed by atoms with Crippen LogP contribution in [-0.2, 0) is 10.0 Å². The number of nitrogens with one attached hydrogen (secondary N) is 1. The lowest BCUT2D eigenvalue weighted by Crippen LogP contribution is -2.21. The maximum absolute atomic E-state index is 12.4. The zero-order chi connectivity index (χ0) is 18.9. The smallest absolute Gasteiger partial charge is 0.291 e. The predicted molar refractivity (Wildman–Crippen MR) is 91.4 cm³/mol. The van der Waals surface area contributed by atoms with Crippen LogP contribution in [0.1, 0.15) is 16.1 Å². The molecule has 0 saturated heterocycles. The monoisotopic (exact) mass is 376 g/mol. The highest BCUT2D eigenvalue weighted by atomic mass is 32.2. The van der Waals surface area contributed by atoms with Crippen molar-refractivity contribution < 1.29 is 17.6 Å². The van der Waals surface area contributed by atoms with E-state index in [0.29, 0.717) is 11.4 Å². The lowest BCUT2D eigenvalue weighted by molar-refractivity contribution is 0.0991. The lowest BCUT2D eigenvalue weighted by Gasteiger charge is -2.10. The van der Waals surface area contributed by atoms with Crippen molar-refractivity contribution in [3.05, 3.63) is 48.0 Å². The van der Waals surface area contributed by atoms with Crippen LogP contribution in [0.15, 0.2) is 46.2 Å². The standard InChI is InChI=1S/C15H16N6O4S/c1-10-4-5-11(21-9-16-18-19-21)8-12(10)17-15(22)13-6-7-14(25-13)26(23,24)20(2)3/h4-9H,1-3H3,(H,17,22). The number of furan rings is 1. The molecule has 0 aliphatic carbocycles. The number of tetrazole rings is 1. The minimum Gasteiger partial charge on any atom is -0.438 e. The van der Waals surface area contributed by atoms with Crippen molar-refractivity contribution in [2.45, 2.75) is 12.0 Å². The molecule has 0 radical (unpaired) electrons. The van der Waals surface area contributed by atoms with Crippen LogP contribution in [0, 0.1) is 6.92 Å². The van der Waals surface area contributed by atoms with Crippen molar-refractivity contribution in [3.8, 4) is 5.69 Å². The molecule has 0 spiro atoms. The van der Waals surface area contributed by atoms with Gasteiger partial charge in [0.15, 0.2) is 5.76 Å². The number of hydrogen-bond donors (Lipinski definition) is 1. The Bertz CT molecular complexity index is 1040. The normalized spacial score (nSPS) is 11.7. The number of amides is 1. The van der Waals surface area contributed by atoms with Crippen LogP contribution < -0.4 is 5.32 Å². The van der Waals surface area contributed by atoms with E-state index in [1.807, 2.05) is 6.92 Å². The number of carbonyl (C=O) groups is 1. The van der Waals surface area contributed by atoms with Crippen molar-refractivity contribution in [3.63, 3.8) is 0 Å². The average molecular weight is 376 g/mol. The van der Waals surface area contributed by atoms with Crippen molar-refractivity contribution in [2.24, 2.45) is 0 Å². The largest absolute Gasteiger partial charge is 0.438 e. The maximum atomic E-state index is 12.4. The highest BCUT2D eigenvalue weighted by molar-refractivity contribution is 7.88. The van der Waals surface area contributed by atoms with Gasteiger partial charge in [-0.15, -0.1) is 5.10 Å². The minimum absolute atomic E-state index is 0.113. The number of rotatable bonds is 5. The molecule has 26 heavy (non-hydrogen) atoms. The summed E-state index contributed by atoms with van der Waals surface area (Å²) in [5.41, 5.74) is 1.99. The second kappa shape index (κ2) is 6.69. The summed E-state index contributed by atoms with van der Waals surface area (Å²) in [5, 5.41) is 13.3. The van der Waals surface area contributed by atoms with Crippen LogP contribution in [0.4, 0.5) is 5.69 Å².